The van der Waals surface area contributed by atoms with Crippen LogP contribution in [0.15, 0.2) is 42.7 Å². The molecule has 6 heteroatoms. The van der Waals surface area contributed by atoms with Crippen molar-refractivity contribution in [3.63, 3.8) is 0 Å². The molecule has 1 aliphatic rings. The molecule has 0 amide bonds. The number of aromatic nitrogens is 2. The number of benzene rings is 1. The van der Waals surface area contributed by atoms with Gasteiger partial charge < -0.3 is 15.0 Å². The van der Waals surface area contributed by atoms with E-state index < -0.39 is 0 Å². The van der Waals surface area contributed by atoms with Gasteiger partial charge in [-0.2, -0.15) is 0 Å². The second-order valence-electron chi connectivity index (χ2n) is 6.85. The molecule has 26 heavy (non-hydrogen) atoms. The van der Waals surface area contributed by atoms with Crippen molar-refractivity contribution in [2.75, 3.05) is 49.6 Å². The van der Waals surface area contributed by atoms with Crippen molar-refractivity contribution in [3.05, 3.63) is 48.3 Å². The van der Waals surface area contributed by atoms with E-state index in [9.17, 15) is 0 Å². The van der Waals surface area contributed by atoms with E-state index in [-0.39, 0.29) is 0 Å². The van der Waals surface area contributed by atoms with Crippen LogP contribution in [0, 0.1) is 0 Å². The molecule has 0 atom stereocenters. The van der Waals surface area contributed by atoms with E-state index in [2.05, 4.69) is 63.2 Å². The minimum absolute atomic E-state index is 0.353. The first-order valence-electron chi connectivity index (χ1n) is 9.39. The van der Waals surface area contributed by atoms with Gasteiger partial charge in [-0.15, -0.1) is 0 Å². The Balaban J connectivity index is 1.60. The molecule has 0 radical (unpaired) electrons. The van der Waals surface area contributed by atoms with Crippen LogP contribution in [0.5, 0.6) is 0 Å². The SMILES string of the molecule is CC(C)N(Cc1ccccc1)c1cc(NCCN2CCOCC2)ncn1. The highest BCUT2D eigenvalue weighted by atomic mass is 16.5. The minimum atomic E-state index is 0.353. The van der Waals surface area contributed by atoms with E-state index in [0.717, 1.165) is 57.6 Å². The Morgan fingerprint density at radius 2 is 1.92 bits per heavy atom. The summed E-state index contributed by atoms with van der Waals surface area (Å²) in [5.41, 5.74) is 1.28. The first kappa shape index (κ1) is 18.6. The molecule has 3 rings (SSSR count). The Bertz CT molecular complexity index is 658. The molecule has 0 bridgehead atoms. The van der Waals surface area contributed by atoms with Gasteiger partial charge in [-0.1, -0.05) is 30.3 Å². The van der Waals surface area contributed by atoms with Crippen LogP contribution in [0.4, 0.5) is 11.6 Å². The van der Waals surface area contributed by atoms with Crippen LogP contribution in [0.25, 0.3) is 0 Å². The highest BCUT2D eigenvalue weighted by Crippen LogP contribution is 2.19. The lowest BCUT2D eigenvalue weighted by atomic mass is 10.2. The van der Waals surface area contributed by atoms with Gasteiger partial charge in [-0.3, -0.25) is 4.90 Å². The molecule has 1 saturated heterocycles. The minimum Gasteiger partial charge on any atom is -0.379 e. The molecule has 1 fully saturated rings. The molecule has 0 saturated carbocycles. The molecule has 0 unspecified atom stereocenters. The van der Waals surface area contributed by atoms with Crippen molar-refractivity contribution in [3.8, 4) is 0 Å². The molecule has 1 aliphatic heterocycles. The summed E-state index contributed by atoms with van der Waals surface area (Å²) in [5, 5.41) is 3.43. The molecule has 140 valence electrons. The topological polar surface area (TPSA) is 53.5 Å². The third-order valence-electron chi connectivity index (χ3n) is 4.60. The Morgan fingerprint density at radius 1 is 1.15 bits per heavy atom. The highest BCUT2D eigenvalue weighted by molar-refractivity contribution is 5.49. The zero-order valence-corrected chi connectivity index (χ0v) is 15.8. The summed E-state index contributed by atoms with van der Waals surface area (Å²) in [4.78, 5) is 13.6. The number of nitrogens with zero attached hydrogens (tertiary/aromatic N) is 4. The third kappa shape index (κ3) is 5.41. The quantitative estimate of drug-likeness (QED) is 0.786. The number of rotatable bonds is 8. The average Bonchev–Trinajstić information content (AvgIpc) is 2.68. The summed E-state index contributed by atoms with van der Waals surface area (Å²) in [6, 6.07) is 12.9. The van der Waals surface area contributed by atoms with Crippen molar-refractivity contribution >= 4 is 11.6 Å². The van der Waals surface area contributed by atoms with Crippen LogP contribution in [0.2, 0.25) is 0 Å². The van der Waals surface area contributed by atoms with Crippen molar-refractivity contribution in [2.24, 2.45) is 0 Å². The maximum atomic E-state index is 5.39. The van der Waals surface area contributed by atoms with Gasteiger partial charge in [0.25, 0.3) is 0 Å². The molecular weight excluding hydrogens is 326 g/mol. The zero-order chi connectivity index (χ0) is 18.2. The van der Waals surface area contributed by atoms with E-state index in [0.29, 0.717) is 6.04 Å². The predicted molar refractivity (Wildman–Crippen MR) is 106 cm³/mol. The molecule has 1 aromatic carbocycles. The monoisotopic (exact) mass is 355 g/mol. The summed E-state index contributed by atoms with van der Waals surface area (Å²) in [7, 11) is 0. The maximum absolute atomic E-state index is 5.39. The van der Waals surface area contributed by atoms with Gasteiger partial charge in [0, 0.05) is 44.8 Å². The number of ether oxygens (including phenoxy) is 1. The van der Waals surface area contributed by atoms with Crippen LogP contribution in [-0.2, 0) is 11.3 Å². The van der Waals surface area contributed by atoms with Gasteiger partial charge in [0.15, 0.2) is 0 Å². The fourth-order valence-corrected chi connectivity index (χ4v) is 3.08. The number of anilines is 2. The number of morpholine rings is 1. The molecule has 1 N–H and O–H groups in total. The van der Waals surface area contributed by atoms with Crippen molar-refractivity contribution in [2.45, 2.75) is 26.4 Å². The standard InChI is InChI=1S/C20H29N5O/c1-17(2)25(15-18-6-4-3-5-7-18)20-14-19(22-16-23-20)21-8-9-24-10-12-26-13-11-24/h3-7,14,16-17H,8-13,15H2,1-2H3,(H,21,22,23). The lowest BCUT2D eigenvalue weighted by Crippen LogP contribution is -2.39. The number of hydrogen-bond donors (Lipinski definition) is 1. The Labute approximate surface area is 156 Å². The van der Waals surface area contributed by atoms with Gasteiger partial charge >= 0.3 is 0 Å². The van der Waals surface area contributed by atoms with Crippen LogP contribution in [0.1, 0.15) is 19.4 Å². The van der Waals surface area contributed by atoms with Crippen LogP contribution < -0.4 is 10.2 Å². The molecular formula is C20H29N5O. The fraction of sp³-hybridized carbons (Fsp3) is 0.500. The number of hydrogen-bond acceptors (Lipinski definition) is 6. The smallest absolute Gasteiger partial charge is 0.134 e. The summed E-state index contributed by atoms with van der Waals surface area (Å²) in [5.74, 6) is 1.83. The average molecular weight is 355 g/mol. The van der Waals surface area contributed by atoms with Crippen molar-refractivity contribution in [1.29, 1.82) is 0 Å². The highest BCUT2D eigenvalue weighted by Gasteiger charge is 2.14. The van der Waals surface area contributed by atoms with E-state index >= 15 is 0 Å². The molecule has 0 aliphatic carbocycles. The van der Waals surface area contributed by atoms with E-state index in [4.69, 9.17) is 4.74 Å². The first-order valence-corrected chi connectivity index (χ1v) is 9.39. The normalized spacial score (nSPS) is 15.2. The Kier molecular flexibility index (Phi) is 6.80. The van der Waals surface area contributed by atoms with Crippen LogP contribution >= 0.6 is 0 Å². The van der Waals surface area contributed by atoms with Crippen LogP contribution in [0.3, 0.4) is 0 Å². The first-order chi connectivity index (χ1) is 12.7. The molecule has 0 spiro atoms. The summed E-state index contributed by atoms with van der Waals surface area (Å²) in [6.07, 6.45) is 1.65. The third-order valence-corrected chi connectivity index (χ3v) is 4.60. The van der Waals surface area contributed by atoms with E-state index in [1.54, 1.807) is 6.33 Å². The van der Waals surface area contributed by atoms with Gasteiger partial charge in [0.05, 0.1) is 13.2 Å². The zero-order valence-electron chi connectivity index (χ0n) is 15.8. The maximum Gasteiger partial charge on any atom is 0.134 e. The Morgan fingerprint density at radius 3 is 2.65 bits per heavy atom. The van der Waals surface area contributed by atoms with Gasteiger partial charge in [-0.25, -0.2) is 9.97 Å². The second-order valence-corrected chi connectivity index (χ2v) is 6.85. The van der Waals surface area contributed by atoms with Crippen LogP contribution in [-0.4, -0.2) is 60.3 Å². The molecule has 2 heterocycles. The molecule has 6 nitrogen and oxygen atoms in total. The van der Waals surface area contributed by atoms with Gasteiger partial charge in [0.1, 0.15) is 18.0 Å². The largest absolute Gasteiger partial charge is 0.379 e. The molecule has 2 aromatic rings. The van der Waals surface area contributed by atoms with Crippen molar-refractivity contribution < 1.29 is 4.74 Å². The lowest BCUT2D eigenvalue weighted by Gasteiger charge is -2.28. The predicted octanol–water partition coefficient (Wildman–Crippen LogP) is 2.64. The number of nitrogens with one attached hydrogen (secondary N) is 1. The van der Waals surface area contributed by atoms with Crippen molar-refractivity contribution in [1.82, 2.24) is 14.9 Å². The van der Waals surface area contributed by atoms with Gasteiger partial charge in [0.2, 0.25) is 0 Å². The summed E-state index contributed by atoms with van der Waals surface area (Å²) < 4.78 is 5.39. The fourth-order valence-electron chi connectivity index (χ4n) is 3.08. The molecule has 1 aromatic heterocycles. The summed E-state index contributed by atoms with van der Waals surface area (Å²) >= 11 is 0. The van der Waals surface area contributed by atoms with E-state index in [1.807, 2.05) is 12.1 Å². The Hall–Kier alpha value is -2.18. The second kappa shape index (κ2) is 9.50. The summed E-state index contributed by atoms with van der Waals surface area (Å²) in [6.45, 7) is 10.8. The van der Waals surface area contributed by atoms with Gasteiger partial charge in [-0.05, 0) is 19.4 Å². The van der Waals surface area contributed by atoms with E-state index in [1.165, 1.54) is 5.56 Å². The lowest BCUT2D eigenvalue weighted by molar-refractivity contribution is 0.0398.